The first-order valence-electron chi connectivity index (χ1n) is 9.99. The van der Waals surface area contributed by atoms with Crippen molar-refractivity contribution in [2.24, 2.45) is 5.92 Å². The van der Waals surface area contributed by atoms with Crippen LogP contribution in [0.1, 0.15) is 26.3 Å². The van der Waals surface area contributed by atoms with Gasteiger partial charge in [0.15, 0.2) is 6.61 Å². The molecule has 0 saturated carbocycles. The SMILES string of the molecule is COc1ccc(CN(C(=O)COc2ccc(Br)cc2Cl)C(C)C(=O)NCC(C)C)cc1. The van der Waals surface area contributed by atoms with Crippen molar-refractivity contribution in [3.63, 3.8) is 0 Å². The average Bonchev–Trinajstić information content (AvgIpc) is 2.74. The van der Waals surface area contributed by atoms with Crippen molar-refractivity contribution in [2.45, 2.75) is 33.4 Å². The van der Waals surface area contributed by atoms with Gasteiger partial charge in [0, 0.05) is 17.6 Å². The summed E-state index contributed by atoms with van der Waals surface area (Å²) in [6.07, 6.45) is 0. The van der Waals surface area contributed by atoms with Crippen LogP contribution in [0.5, 0.6) is 11.5 Å². The molecular weight excluding hydrogens is 484 g/mol. The van der Waals surface area contributed by atoms with E-state index in [4.69, 9.17) is 21.1 Å². The third-order valence-corrected chi connectivity index (χ3v) is 5.40. The van der Waals surface area contributed by atoms with Gasteiger partial charge in [-0.05, 0) is 48.7 Å². The number of ether oxygens (including phenoxy) is 2. The molecule has 0 aromatic heterocycles. The molecule has 0 bridgehead atoms. The van der Waals surface area contributed by atoms with E-state index in [1.807, 2.05) is 38.1 Å². The van der Waals surface area contributed by atoms with Crippen molar-refractivity contribution in [3.05, 3.63) is 57.5 Å². The molecule has 31 heavy (non-hydrogen) atoms. The quantitative estimate of drug-likeness (QED) is 0.503. The fourth-order valence-corrected chi connectivity index (χ4v) is 3.51. The first kappa shape index (κ1) is 25.0. The summed E-state index contributed by atoms with van der Waals surface area (Å²) >= 11 is 9.52. The van der Waals surface area contributed by atoms with Crippen LogP contribution in [0.25, 0.3) is 0 Å². The van der Waals surface area contributed by atoms with E-state index >= 15 is 0 Å². The Hall–Kier alpha value is -2.25. The van der Waals surface area contributed by atoms with Crippen molar-refractivity contribution < 1.29 is 19.1 Å². The van der Waals surface area contributed by atoms with E-state index in [2.05, 4.69) is 21.2 Å². The van der Waals surface area contributed by atoms with Gasteiger partial charge in [0.25, 0.3) is 5.91 Å². The Morgan fingerprint density at radius 2 is 1.81 bits per heavy atom. The van der Waals surface area contributed by atoms with Crippen molar-refractivity contribution in [1.82, 2.24) is 10.2 Å². The number of nitrogens with one attached hydrogen (secondary N) is 1. The second-order valence-corrected chi connectivity index (χ2v) is 8.87. The lowest BCUT2D eigenvalue weighted by Gasteiger charge is -2.29. The number of hydrogen-bond donors (Lipinski definition) is 1. The average molecular weight is 512 g/mol. The number of amides is 2. The Kier molecular flexibility index (Phi) is 9.65. The lowest BCUT2D eigenvalue weighted by Crippen LogP contribution is -2.49. The Bertz CT molecular complexity index is 890. The number of carbonyl (C=O) groups excluding carboxylic acids is 2. The van der Waals surface area contributed by atoms with Crippen LogP contribution in [0, 0.1) is 5.92 Å². The van der Waals surface area contributed by atoms with Gasteiger partial charge in [-0.3, -0.25) is 9.59 Å². The normalized spacial score (nSPS) is 11.7. The molecule has 1 unspecified atom stereocenters. The number of halogens is 2. The summed E-state index contributed by atoms with van der Waals surface area (Å²) in [6, 6.07) is 11.9. The van der Waals surface area contributed by atoms with Crippen LogP contribution >= 0.6 is 27.5 Å². The fraction of sp³-hybridized carbons (Fsp3) is 0.391. The number of methoxy groups -OCH3 is 1. The highest BCUT2D eigenvalue weighted by Gasteiger charge is 2.26. The highest BCUT2D eigenvalue weighted by molar-refractivity contribution is 9.10. The molecule has 0 aliphatic rings. The molecule has 2 amide bonds. The van der Waals surface area contributed by atoms with Crippen molar-refractivity contribution >= 4 is 39.3 Å². The Morgan fingerprint density at radius 3 is 2.39 bits per heavy atom. The molecule has 0 radical (unpaired) electrons. The number of nitrogens with zero attached hydrogens (tertiary/aromatic N) is 1. The van der Waals surface area contributed by atoms with Gasteiger partial charge in [-0.2, -0.15) is 0 Å². The van der Waals surface area contributed by atoms with E-state index in [9.17, 15) is 9.59 Å². The Morgan fingerprint density at radius 1 is 1.13 bits per heavy atom. The molecule has 0 fully saturated rings. The van der Waals surface area contributed by atoms with Crippen LogP contribution < -0.4 is 14.8 Å². The number of carbonyl (C=O) groups is 2. The predicted octanol–water partition coefficient (Wildman–Crippen LogP) is 4.68. The number of benzene rings is 2. The van der Waals surface area contributed by atoms with Gasteiger partial charge in [0.05, 0.1) is 12.1 Å². The summed E-state index contributed by atoms with van der Waals surface area (Å²) in [6.45, 7) is 6.31. The zero-order valence-corrected chi connectivity index (χ0v) is 20.5. The molecule has 0 spiro atoms. The molecule has 0 saturated heterocycles. The van der Waals surface area contributed by atoms with Crippen LogP contribution in [0.15, 0.2) is 46.9 Å². The first-order valence-corrected chi connectivity index (χ1v) is 11.2. The maximum absolute atomic E-state index is 13.1. The minimum Gasteiger partial charge on any atom is -0.497 e. The number of hydrogen-bond acceptors (Lipinski definition) is 4. The topological polar surface area (TPSA) is 67.9 Å². The molecule has 1 atom stereocenters. The molecule has 8 heteroatoms. The van der Waals surface area contributed by atoms with Gasteiger partial charge >= 0.3 is 0 Å². The molecule has 2 aromatic rings. The molecule has 1 N–H and O–H groups in total. The van der Waals surface area contributed by atoms with Gasteiger partial charge in [0.1, 0.15) is 17.5 Å². The van der Waals surface area contributed by atoms with E-state index in [0.717, 1.165) is 15.8 Å². The van der Waals surface area contributed by atoms with Gasteiger partial charge in [-0.25, -0.2) is 0 Å². The molecule has 0 aliphatic heterocycles. The predicted molar refractivity (Wildman–Crippen MR) is 126 cm³/mol. The van der Waals surface area contributed by atoms with Gasteiger partial charge in [-0.15, -0.1) is 0 Å². The Labute approximate surface area is 197 Å². The van der Waals surface area contributed by atoms with Crippen LogP contribution in [-0.4, -0.2) is 43.0 Å². The fourth-order valence-electron chi connectivity index (χ4n) is 2.78. The summed E-state index contributed by atoms with van der Waals surface area (Å²) in [4.78, 5) is 27.2. The van der Waals surface area contributed by atoms with Crippen molar-refractivity contribution in [3.8, 4) is 11.5 Å². The summed E-state index contributed by atoms with van der Waals surface area (Å²) in [7, 11) is 1.59. The summed E-state index contributed by atoms with van der Waals surface area (Å²) in [5.74, 6) is 0.904. The van der Waals surface area contributed by atoms with E-state index in [0.29, 0.717) is 23.2 Å². The lowest BCUT2D eigenvalue weighted by molar-refractivity contribution is -0.142. The van der Waals surface area contributed by atoms with E-state index < -0.39 is 6.04 Å². The largest absolute Gasteiger partial charge is 0.497 e. The maximum atomic E-state index is 13.1. The standard InChI is InChI=1S/C23H28BrClN2O4/c1-15(2)12-26-23(29)16(3)27(13-17-5-8-19(30-4)9-6-17)22(28)14-31-21-10-7-18(24)11-20(21)25/h5-11,15-16H,12-14H2,1-4H3,(H,26,29). The third-order valence-electron chi connectivity index (χ3n) is 4.61. The molecule has 0 aliphatic carbocycles. The van der Waals surface area contributed by atoms with Crippen LogP contribution in [0.2, 0.25) is 5.02 Å². The van der Waals surface area contributed by atoms with Crippen LogP contribution in [0.3, 0.4) is 0 Å². The minimum absolute atomic E-state index is 0.211. The van der Waals surface area contributed by atoms with E-state index in [1.54, 1.807) is 32.2 Å². The van der Waals surface area contributed by atoms with E-state index in [1.165, 1.54) is 4.90 Å². The second kappa shape index (κ2) is 12.0. The van der Waals surface area contributed by atoms with E-state index in [-0.39, 0.29) is 25.0 Å². The molecule has 2 aromatic carbocycles. The summed E-state index contributed by atoms with van der Waals surface area (Å²) in [5, 5.41) is 3.29. The number of rotatable bonds is 10. The summed E-state index contributed by atoms with van der Waals surface area (Å²) in [5.41, 5.74) is 0.874. The minimum atomic E-state index is -0.669. The smallest absolute Gasteiger partial charge is 0.261 e. The molecule has 168 valence electrons. The van der Waals surface area contributed by atoms with Gasteiger partial charge in [0.2, 0.25) is 5.91 Å². The zero-order valence-electron chi connectivity index (χ0n) is 18.2. The molecule has 6 nitrogen and oxygen atoms in total. The third kappa shape index (κ3) is 7.74. The molecular formula is C23H28BrClN2O4. The van der Waals surface area contributed by atoms with Crippen LogP contribution in [-0.2, 0) is 16.1 Å². The Balaban J connectivity index is 2.15. The second-order valence-electron chi connectivity index (χ2n) is 7.55. The monoisotopic (exact) mass is 510 g/mol. The zero-order chi connectivity index (χ0) is 23.0. The highest BCUT2D eigenvalue weighted by Crippen LogP contribution is 2.27. The lowest BCUT2D eigenvalue weighted by atomic mass is 10.1. The molecule has 2 rings (SSSR count). The van der Waals surface area contributed by atoms with Crippen molar-refractivity contribution in [1.29, 1.82) is 0 Å². The van der Waals surface area contributed by atoms with Gasteiger partial charge in [-0.1, -0.05) is 53.5 Å². The maximum Gasteiger partial charge on any atom is 0.261 e. The van der Waals surface area contributed by atoms with Crippen LogP contribution in [0.4, 0.5) is 0 Å². The first-order chi connectivity index (χ1) is 14.7. The summed E-state index contributed by atoms with van der Waals surface area (Å²) < 4.78 is 11.6. The van der Waals surface area contributed by atoms with Crippen molar-refractivity contribution in [2.75, 3.05) is 20.3 Å². The highest BCUT2D eigenvalue weighted by atomic mass is 79.9. The molecule has 0 heterocycles. The van der Waals surface area contributed by atoms with Gasteiger partial charge < -0.3 is 19.7 Å².